The van der Waals surface area contributed by atoms with E-state index in [-0.39, 0.29) is 0 Å². The van der Waals surface area contributed by atoms with Crippen LogP contribution in [0.5, 0.6) is 0 Å². The van der Waals surface area contributed by atoms with E-state index in [1.54, 1.807) is 11.8 Å². The zero-order valence-corrected chi connectivity index (χ0v) is 9.89. The molecule has 0 saturated heterocycles. The van der Waals surface area contributed by atoms with Gasteiger partial charge in [0.1, 0.15) is 5.82 Å². The van der Waals surface area contributed by atoms with E-state index in [0.717, 1.165) is 10.9 Å². The first-order valence-corrected chi connectivity index (χ1v) is 6.40. The lowest BCUT2D eigenvalue weighted by Gasteiger charge is -2.20. The Kier molecular flexibility index (Phi) is 3.46. The molecule has 0 amide bonds. The number of hydrogen-bond acceptors (Lipinski definition) is 4. The Bertz CT molecular complexity index is 314. The van der Waals surface area contributed by atoms with E-state index in [9.17, 15) is 0 Å². The van der Waals surface area contributed by atoms with Crippen molar-refractivity contribution in [3.05, 3.63) is 11.8 Å². The number of aryl methyl sites for hydroxylation is 1. The fraction of sp³-hybridized carbons (Fsp3) is 0.636. The van der Waals surface area contributed by atoms with Crippen LogP contribution in [0, 0.1) is 6.92 Å². The molecule has 15 heavy (non-hydrogen) atoms. The number of nitrogens with two attached hydrogens (primary N) is 1. The summed E-state index contributed by atoms with van der Waals surface area (Å²) in [7, 11) is 0. The van der Waals surface area contributed by atoms with Gasteiger partial charge in [-0.3, -0.25) is 0 Å². The quantitative estimate of drug-likeness (QED) is 0.783. The molecule has 1 heterocycles. The van der Waals surface area contributed by atoms with Crippen molar-refractivity contribution in [3.8, 4) is 0 Å². The highest BCUT2D eigenvalue weighted by Crippen LogP contribution is 2.31. The summed E-state index contributed by atoms with van der Waals surface area (Å²) in [6, 6.07) is 1.81. The summed E-state index contributed by atoms with van der Waals surface area (Å²) in [6.45, 7) is 1.96. The van der Waals surface area contributed by atoms with Crippen LogP contribution in [0.25, 0.3) is 0 Å². The second-order valence-electron chi connectivity index (χ2n) is 4.09. The smallest absolute Gasteiger partial charge is 0.189 e. The molecule has 0 spiro atoms. The first-order valence-electron chi connectivity index (χ1n) is 5.52. The van der Waals surface area contributed by atoms with E-state index in [0.29, 0.717) is 11.1 Å². The molecule has 1 aromatic rings. The monoisotopic (exact) mass is 223 g/mol. The number of anilines is 1. The third-order valence-corrected chi connectivity index (χ3v) is 3.88. The molecule has 1 aromatic heterocycles. The Morgan fingerprint density at radius 3 is 2.67 bits per heavy atom. The molecule has 1 aliphatic rings. The van der Waals surface area contributed by atoms with Gasteiger partial charge >= 0.3 is 0 Å². The molecule has 1 aliphatic carbocycles. The molecule has 2 rings (SSSR count). The van der Waals surface area contributed by atoms with Gasteiger partial charge in [0.15, 0.2) is 5.16 Å². The van der Waals surface area contributed by atoms with Crippen molar-refractivity contribution in [1.82, 2.24) is 9.97 Å². The van der Waals surface area contributed by atoms with Gasteiger partial charge in [0, 0.05) is 17.0 Å². The third kappa shape index (κ3) is 3.09. The second-order valence-corrected chi connectivity index (χ2v) is 5.36. The van der Waals surface area contributed by atoms with Crippen molar-refractivity contribution in [2.24, 2.45) is 0 Å². The summed E-state index contributed by atoms with van der Waals surface area (Å²) in [4.78, 5) is 8.66. The van der Waals surface area contributed by atoms with Gasteiger partial charge in [-0.2, -0.15) is 0 Å². The first kappa shape index (κ1) is 10.7. The Morgan fingerprint density at radius 1 is 1.27 bits per heavy atom. The van der Waals surface area contributed by atoms with Crippen molar-refractivity contribution >= 4 is 17.6 Å². The normalized spacial score (nSPS) is 17.9. The van der Waals surface area contributed by atoms with Crippen LogP contribution in [0.1, 0.15) is 37.8 Å². The van der Waals surface area contributed by atoms with Crippen LogP contribution in [-0.4, -0.2) is 15.2 Å². The molecule has 1 saturated carbocycles. The Balaban J connectivity index is 2.02. The fourth-order valence-corrected chi connectivity index (χ4v) is 3.17. The number of nitrogens with zero attached hydrogens (tertiary/aromatic N) is 2. The molecular weight excluding hydrogens is 206 g/mol. The topological polar surface area (TPSA) is 51.8 Å². The number of aromatic nitrogens is 2. The van der Waals surface area contributed by atoms with Crippen LogP contribution in [0.4, 0.5) is 5.82 Å². The van der Waals surface area contributed by atoms with Gasteiger partial charge in [-0.25, -0.2) is 9.97 Å². The molecule has 0 aromatic carbocycles. The lowest BCUT2D eigenvalue weighted by Crippen LogP contribution is -2.09. The summed E-state index contributed by atoms with van der Waals surface area (Å²) >= 11 is 1.79. The average Bonchev–Trinajstić information content (AvgIpc) is 2.17. The van der Waals surface area contributed by atoms with E-state index in [1.807, 2.05) is 13.0 Å². The molecule has 0 unspecified atom stereocenters. The number of thioether (sulfide) groups is 1. The SMILES string of the molecule is Cc1cc(N)nc(SC2CCCCC2)n1. The van der Waals surface area contributed by atoms with Crippen molar-refractivity contribution in [3.63, 3.8) is 0 Å². The van der Waals surface area contributed by atoms with Gasteiger partial charge in [-0.1, -0.05) is 31.0 Å². The molecule has 3 nitrogen and oxygen atoms in total. The number of rotatable bonds is 2. The van der Waals surface area contributed by atoms with E-state index in [4.69, 9.17) is 5.73 Å². The highest BCUT2D eigenvalue weighted by molar-refractivity contribution is 7.99. The molecule has 0 atom stereocenters. The van der Waals surface area contributed by atoms with Crippen LogP contribution < -0.4 is 5.73 Å². The largest absolute Gasteiger partial charge is 0.384 e. The third-order valence-electron chi connectivity index (χ3n) is 2.68. The van der Waals surface area contributed by atoms with E-state index in [1.165, 1.54) is 32.1 Å². The van der Waals surface area contributed by atoms with Crippen LogP contribution in [0.15, 0.2) is 11.2 Å². The molecule has 4 heteroatoms. The summed E-state index contributed by atoms with van der Waals surface area (Å²) < 4.78 is 0. The molecule has 0 bridgehead atoms. The zero-order chi connectivity index (χ0) is 10.7. The highest BCUT2D eigenvalue weighted by Gasteiger charge is 2.16. The molecule has 0 aliphatic heterocycles. The average molecular weight is 223 g/mol. The van der Waals surface area contributed by atoms with Gasteiger partial charge in [0.25, 0.3) is 0 Å². The predicted molar refractivity (Wildman–Crippen MR) is 63.9 cm³/mol. The molecular formula is C11H17N3S. The maximum Gasteiger partial charge on any atom is 0.189 e. The van der Waals surface area contributed by atoms with Gasteiger partial charge in [-0.15, -0.1) is 0 Å². The van der Waals surface area contributed by atoms with Crippen LogP contribution in [-0.2, 0) is 0 Å². The molecule has 1 fully saturated rings. The lowest BCUT2D eigenvalue weighted by atomic mass is 10.0. The Morgan fingerprint density at radius 2 is 2.00 bits per heavy atom. The molecule has 82 valence electrons. The minimum Gasteiger partial charge on any atom is -0.384 e. The Hall–Kier alpha value is -0.770. The van der Waals surface area contributed by atoms with Gasteiger partial charge < -0.3 is 5.73 Å². The van der Waals surface area contributed by atoms with Crippen molar-refractivity contribution in [1.29, 1.82) is 0 Å². The maximum atomic E-state index is 5.70. The number of nitrogen functional groups attached to an aromatic ring is 1. The zero-order valence-electron chi connectivity index (χ0n) is 9.07. The lowest BCUT2D eigenvalue weighted by molar-refractivity contribution is 0.515. The van der Waals surface area contributed by atoms with E-state index < -0.39 is 0 Å². The second kappa shape index (κ2) is 4.84. The standard InChI is InChI=1S/C11H17N3S/c1-8-7-10(12)14-11(13-8)15-9-5-3-2-4-6-9/h7,9H,2-6H2,1H3,(H2,12,13,14). The van der Waals surface area contributed by atoms with E-state index in [2.05, 4.69) is 9.97 Å². The van der Waals surface area contributed by atoms with Gasteiger partial charge in [-0.05, 0) is 19.8 Å². The van der Waals surface area contributed by atoms with Crippen molar-refractivity contribution in [2.75, 3.05) is 5.73 Å². The minimum atomic E-state index is 0.584. The molecule has 2 N–H and O–H groups in total. The summed E-state index contributed by atoms with van der Waals surface area (Å²) in [5.74, 6) is 0.584. The first-order chi connectivity index (χ1) is 7.24. The predicted octanol–water partition coefficient (Wildman–Crippen LogP) is 2.79. The summed E-state index contributed by atoms with van der Waals surface area (Å²) in [5.41, 5.74) is 6.66. The van der Waals surface area contributed by atoms with Gasteiger partial charge in [0.2, 0.25) is 0 Å². The van der Waals surface area contributed by atoms with Crippen LogP contribution in [0.2, 0.25) is 0 Å². The number of hydrogen-bond donors (Lipinski definition) is 1. The summed E-state index contributed by atoms with van der Waals surface area (Å²) in [5, 5.41) is 1.54. The van der Waals surface area contributed by atoms with Crippen LogP contribution >= 0.6 is 11.8 Å². The van der Waals surface area contributed by atoms with Crippen LogP contribution in [0.3, 0.4) is 0 Å². The maximum absolute atomic E-state index is 5.70. The Labute approximate surface area is 94.9 Å². The fourth-order valence-electron chi connectivity index (χ4n) is 1.95. The van der Waals surface area contributed by atoms with E-state index >= 15 is 0 Å². The molecule has 0 radical (unpaired) electrons. The highest BCUT2D eigenvalue weighted by atomic mass is 32.2. The van der Waals surface area contributed by atoms with Crippen molar-refractivity contribution in [2.45, 2.75) is 49.4 Å². The van der Waals surface area contributed by atoms with Gasteiger partial charge in [0.05, 0.1) is 0 Å². The minimum absolute atomic E-state index is 0.584. The van der Waals surface area contributed by atoms with Crippen molar-refractivity contribution < 1.29 is 0 Å². The summed E-state index contributed by atoms with van der Waals surface area (Å²) in [6.07, 6.45) is 6.66.